The van der Waals surface area contributed by atoms with Crippen molar-refractivity contribution in [2.45, 2.75) is 19.4 Å². The number of carboxylic acid groups (broad SMARTS) is 2. The van der Waals surface area contributed by atoms with E-state index in [0.717, 1.165) is 17.0 Å². The van der Waals surface area contributed by atoms with Gasteiger partial charge in [-0.1, -0.05) is 5.16 Å². The first-order chi connectivity index (χ1) is 15.9. The van der Waals surface area contributed by atoms with E-state index in [9.17, 15) is 15.0 Å². The molecule has 0 spiro atoms. The third kappa shape index (κ3) is 5.66. The summed E-state index contributed by atoms with van der Waals surface area (Å²) in [6.45, 7) is 2.37. The molecule has 1 fully saturated rings. The summed E-state index contributed by atoms with van der Waals surface area (Å²) in [6.07, 6.45) is -0.0949. The molecule has 33 heavy (non-hydrogen) atoms. The number of aliphatic hydroxyl groups excluding tert-OH is 1. The summed E-state index contributed by atoms with van der Waals surface area (Å²) in [7, 11) is 1.60. The number of rotatable bonds is 6. The average Bonchev–Trinajstić information content (AvgIpc) is 3.39. The number of benzene rings is 1. The number of β-amino-alcohol motifs (C(OH)–C–C–N with tert-alkyl or cyclic N) is 1. The Hall–Kier alpha value is -3.92. The first-order valence-electron chi connectivity index (χ1n) is 10.2. The van der Waals surface area contributed by atoms with Crippen LogP contribution in [0.1, 0.15) is 21.8 Å². The second-order valence-electron chi connectivity index (χ2n) is 7.58. The molecule has 0 amide bonds. The Kier molecular flexibility index (Phi) is 7.62. The number of aliphatic hydroxyl groups is 1. The highest BCUT2D eigenvalue weighted by Gasteiger charge is 2.35. The van der Waals surface area contributed by atoms with Crippen LogP contribution in [0, 0.1) is 12.8 Å². The molecule has 0 bridgehead atoms. The number of aromatic carboxylic acids is 1. The molecule has 1 aromatic carbocycles. The van der Waals surface area contributed by atoms with Crippen LogP contribution in [0.2, 0.25) is 0 Å². The molecule has 3 aromatic rings. The highest BCUT2D eigenvalue weighted by Crippen LogP contribution is 2.31. The van der Waals surface area contributed by atoms with Crippen LogP contribution in [0.15, 0.2) is 47.0 Å². The smallest absolute Gasteiger partial charge is 0.339 e. The van der Waals surface area contributed by atoms with Gasteiger partial charge in [-0.05, 0) is 43.3 Å². The molecule has 3 N–H and O–H groups in total. The number of ether oxygens (including phenoxy) is 1. The van der Waals surface area contributed by atoms with Crippen LogP contribution in [0.5, 0.6) is 5.75 Å². The van der Waals surface area contributed by atoms with Crippen molar-refractivity contribution in [3.63, 3.8) is 0 Å². The molecule has 0 unspecified atom stereocenters. The van der Waals surface area contributed by atoms with Crippen LogP contribution in [0.3, 0.4) is 0 Å². The first kappa shape index (κ1) is 23.7. The lowest BCUT2D eigenvalue weighted by Gasteiger charge is -2.20. The zero-order chi connectivity index (χ0) is 24.0. The number of nitrogens with zero attached hydrogens (tertiary/aromatic N) is 3. The Bertz CT molecular complexity index is 1100. The second kappa shape index (κ2) is 10.6. The van der Waals surface area contributed by atoms with E-state index >= 15 is 0 Å². The van der Waals surface area contributed by atoms with Gasteiger partial charge >= 0.3 is 5.97 Å². The zero-order valence-corrected chi connectivity index (χ0v) is 18.2. The molecule has 10 nitrogen and oxygen atoms in total. The molecule has 2 atom stereocenters. The Morgan fingerprint density at radius 2 is 1.94 bits per heavy atom. The van der Waals surface area contributed by atoms with E-state index in [1.54, 1.807) is 19.2 Å². The Balaban J connectivity index is 0.000000968. The van der Waals surface area contributed by atoms with E-state index in [1.165, 1.54) is 0 Å². The summed E-state index contributed by atoms with van der Waals surface area (Å²) in [5, 5.41) is 31.0. The minimum Gasteiger partial charge on any atom is -0.497 e. The highest BCUT2D eigenvalue weighted by molar-refractivity contribution is 5.94. The molecule has 2 aromatic heterocycles. The number of aromatic nitrogens is 2. The van der Waals surface area contributed by atoms with Gasteiger partial charge in [0.05, 0.1) is 24.6 Å². The van der Waals surface area contributed by atoms with E-state index in [4.69, 9.17) is 19.2 Å². The number of aryl methyl sites for hydroxylation is 1. The van der Waals surface area contributed by atoms with Crippen molar-refractivity contribution in [3.8, 4) is 17.0 Å². The Morgan fingerprint density at radius 3 is 2.52 bits per heavy atom. The van der Waals surface area contributed by atoms with Crippen molar-refractivity contribution in [1.29, 1.82) is 0 Å². The van der Waals surface area contributed by atoms with Crippen molar-refractivity contribution in [2.75, 3.05) is 25.1 Å². The van der Waals surface area contributed by atoms with E-state index in [1.807, 2.05) is 42.2 Å². The third-order valence-corrected chi connectivity index (χ3v) is 5.34. The number of carbonyl (C=O) groups is 2. The number of pyridine rings is 1. The minimum absolute atomic E-state index is 0.106. The fourth-order valence-electron chi connectivity index (χ4n) is 3.78. The van der Waals surface area contributed by atoms with Gasteiger partial charge < -0.3 is 29.5 Å². The molecule has 174 valence electrons. The van der Waals surface area contributed by atoms with Crippen molar-refractivity contribution in [2.24, 2.45) is 5.92 Å². The molecule has 1 saturated heterocycles. The fraction of sp³-hybridized carbons (Fsp3) is 0.304. The largest absolute Gasteiger partial charge is 0.497 e. The van der Waals surface area contributed by atoms with Crippen LogP contribution in [0.4, 0.5) is 5.82 Å². The highest BCUT2D eigenvalue weighted by atomic mass is 16.5. The van der Waals surface area contributed by atoms with Crippen molar-refractivity contribution < 1.29 is 34.2 Å². The van der Waals surface area contributed by atoms with Crippen LogP contribution < -0.4 is 9.64 Å². The van der Waals surface area contributed by atoms with Gasteiger partial charge in [0.25, 0.3) is 6.47 Å². The maximum atomic E-state index is 11.8. The number of hydrogen-bond acceptors (Lipinski definition) is 8. The molecule has 1 aliphatic heterocycles. The van der Waals surface area contributed by atoms with Crippen molar-refractivity contribution in [3.05, 3.63) is 59.5 Å². The SMILES string of the molecule is COc1ccc(-c2ccc(C(=O)O)c(N3C[C@@H](Cc4cc(C)no4)[C@H](O)C3)n2)cc1.O=CO. The fourth-order valence-corrected chi connectivity index (χ4v) is 3.78. The van der Waals surface area contributed by atoms with Crippen LogP contribution >= 0.6 is 0 Å². The monoisotopic (exact) mass is 455 g/mol. The lowest BCUT2D eigenvalue weighted by molar-refractivity contribution is -0.122. The lowest BCUT2D eigenvalue weighted by atomic mass is 10.0. The predicted octanol–water partition coefficient (Wildman–Crippen LogP) is 2.49. The van der Waals surface area contributed by atoms with Gasteiger partial charge in [-0.2, -0.15) is 0 Å². The molecule has 0 saturated carbocycles. The summed E-state index contributed by atoms with van der Waals surface area (Å²) in [4.78, 5) is 26.6. The summed E-state index contributed by atoms with van der Waals surface area (Å²) < 4.78 is 10.5. The molecular formula is C23H25N3O7. The van der Waals surface area contributed by atoms with Gasteiger partial charge in [0, 0.05) is 37.1 Å². The van der Waals surface area contributed by atoms with Gasteiger partial charge in [0.1, 0.15) is 22.9 Å². The Labute approximate surface area is 190 Å². The first-order valence-corrected chi connectivity index (χ1v) is 10.2. The number of anilines is 1. The number of carboxylic acids is 1. The topological polar surface area (TPSA) is 146 Å². The van der Waals surface area contributed by atoms with E-state index < -0.39 is 12.1 Å². The van der Waals surface area contributed by atoms with Crippen molar-refractivity contribution >= 4 is 18.3 Å². The van der Waals surface area contributed by atoms with E-state index in [-0.39, 0.29) is 18.0 Å². The average molecular weight is 455 g/mol. The molecule has 3 heterocycles. The number of methoxy groups -OCH3 is 1. The summed E-state index contributed by atoms with van der Waals surface area (Å²) in [5.74, 6) is 0.630. The number of hydrogen-bond donors (Lipinski definition) is 3. The van der Waals surface area contributed by atoms with Gasteiger partial charge in [-0.25, -0.2) is 9.78 Å². The molecule has 10 heteroatoms. The minimum atomic E-state index is -1.05. The van der Waals surface area contributed by atoms with Crippen molar-refractivity contribution in [1.82, 2.24) is 10.1 Å². The molecule has 0 radical (unpaired) electrons. The van der Waals surface area contributed by atoms with Crippen LogP contribution in [-0.4, -0.2) is 64.2 Å². The van der Waals surface area contributed by atoms with Gasteiger partial charge in [-0.15, -0.1) is 0 Å². The molecule has 0 aliphatic carbocycles. The van der Waals surface area contributed by atoms with Crippen LogP contribution in [-0.2, 0) is 11.2 Å². The lowest BCUT2D eigenvalue weighted by Crippen LogP contribution is -2.24. The van der Waals surface area contributed by atoms with E-state index in [0.29, 0.717) is 36.8 Å². The maximum absolute atomic E-state index is 11.8. The normalized spacial score (nSPS) is 17.2. The Morgan fingerprint density at radius 1 is 1.24 bits per heavy atom. The summed E-state index contributed by atoms with van der Waals surface area (Å²) in [6, 6.07) is 12.5. The summed E-state index contributed by atoms with van der Waals surface area (Å²) >= 11 is 0. The summed E-state index contributed by atoms with van der Waals surface area (Å²) in [5.41, 5.74) is 2.40. The zero-order valence-electron chi connectivity index (χ0n) is 18.2. The maximum Gasteiger partial charge on any atom is 0.339 e. The van der Waals surface area contributed by atoms with Gasteiger partial charge in [-0.3, -0.25) is 4.79 Å². The molecule has 4 rings (SSSR count). The van der Waals surface area contributed by atoms with Crippen LogP contribution in [0.25, 0.3) is 11.3 Å². The molecule has 1 aliphatic rings. The quantitative estimate of drug-likeness (QED) is 0.474. The third-order valence-electron chi connectivity index (χ3n) is 5.34. The predicted molar refractivity (Wildman–Crippen MR) is 119 cm³/mol. The van der Waals surface area contributed by atoms with Gasteiger partial charge in [0.2, 0.25) is 0 Å². The second-order valence-corrected chi connectivity index (χ2v) is 7.58. The molecular weight excluding hydrogens is 430 g/mol. The van der Waals surface area contributed by atoms with E-state index in [2.05, 4.69) is 10.1 Å². The standard InChI is InChI=1S/C22H23N3O5.CH2O2/c1-13-9-17(30-24-13)10-15-11-25(12-20(15)26)21-18(22(27)28)7-8-19(23-21)14-3-5-16(29-2)6-4-14;2-1-3/h3-9,15,20,26H,10-12H2,1-2H3,(H,27,28);1H,(H,2,3)/t15-,20-;/m1./s1. The van der Waals surface area contributed by atoms with Gasteiger partial charge in [0.15, 0.2) is 0 Å².